The maximum atomic E-state index is 10.5. The molecular weight excluding hydrogens is 340 g/mol. The molecule has 1 aromatic rings. The first-order valence-electron chi connectivity index (χ1n) is 6.59. The predicted molar refractivity (Wildman–Crippen MR) is 88.2 cm³/mol. The molecule has 3 N–H and O–H groups in total. The van der Waals surface area contributed by atoms with Gasteiger partial charge in [-0.25, -0.2) is 0 Å². The Morgan fingerprint density at radius 3 is 2.20 bits per heavy atom. The Bertz CT molecular complexity index is 449. The number of aliphatic hydroxyl groups is 1. The quantitative estimate of drug-likeness (QED) is 0.746. The Balaban J connectivity index is 0.00000200. The fourth-order valence-corrected chi connectivity index (χ4v) is 3.58. The minimum atomic E-state index is -0.631. The molecule has 0 unspecified atom stereocenters. The van der Waals surface area contributed by atoms with Gasteiger partial charge in [-0.1, -0.05) is 54.1 Å². The highest BCUT2D eigenvalue weighted by Crippen LogP contribution is 2.39. The van der Waals surface area contributed by atoms with E-state index in [0.29, 0.717) is 20.6 Å². The SMILES string of the molecule is Cl.N[C@H](c1c(Cl)ccc(Cl)c1Cl)[C@@H](O)C1CCCCC1. The van der Waals surface area contributed by atoms with E-state index in [-0.39, 0.29) is 18.3 Å². The summed E-state index contributed by atoms with van der Waals surface area (Å²) in [6.07, 6.45) is 4.90. The predicted octanol–water partition coefficient (Wildman–Crippen LogP) is 5.01. The molecule has 0 saturated heterocycles. The molecule has 2 nitrogen and oxygen atoms in total. The molecule has 0 aromatic heterocycles. The maximum Gasteiger partial charge on any atom is 0.0761 e. The van der Waals surface area contributed by atoms with Gasteiger partial charge in [0.25, 0.3) is 0 Å². The van der Waals surface area contributed by atoms with Crippen molar-refractivity contribution in [3.63, 3.8) is 0 Å². The van der Waals surface area contributed by atoms with Crippen LogP contribution in [0.3, 0.4) is 0 Å². The molecule has 114 valence electrons. The average Bonchev–Trinajstić information content (AvgIpc) is 2.43. The van der Waals surface area contributed by atoms with E-state index in [1.807, 2.05) is 0 Å². The van der Waals surface area contributed by atoms with Crippen molar-refractivity contribution >= 4 is 47.2 Å². The van der Waals surface area contributed by atoms with Crippen LogP contribution in [0.15, 0.2) is 12.1 Å². The third-order valence-corrected chi connectivity index (χ3v) is 5.06. The Morgan fingerprint density at radius 2 is 1.60 bits per heavy atom. The number of nitrogens with two attached hydrogens (primary N) is 1. The number of hydrogen-bond acceptors (Lipinski definition) is 2. The van der Waals surface area contributed by atoms with Crippen molar-refractivity contribution < 1.29 is 5.11 Å². The molecule has 0 amide bonds. The van der Waals surface area contributed by atoms with Gasteiger partial charge in [0.05, 0.1) is 22.2 Å². The smallest absolute Gasteiger partial charge is 0.0761 e. The van der Waals surface area contributed by atoms with Gasteiger partial charge in [-0.2, -0.15) is 0 Å². The Hall–Kier alpha value is 0.300. The van der Waals surface area contributed by atoms with Gasteiger partial charge in [0.15, 0.2) is 0 Å². The van der Waals surface area contributed by atoms with Crippen LogP contribution in [0.4, 0.5) is 0 Å². The maximum absolute atomic E-state index is 10.5. The minimum absolute atomic E-state index is 0. The summed E-state index contributed by atoms with van der Waals surface area (Å²) < 4.78 is 0. The first kappa shape index (κ1) is 18.3. The molecule has 0 bridgehead atoms. The number of benzene rings is 1. The van der Waals surface area contributed by atoms with Crippen molar-refractivity contribution in [2.45, 2.75) is 44.2 Å². The topological polar surface area (TPSA) is 46.2 Å². The molecule has 6 heteroatoms. The van der Waals surface area contributed by atoms with Gasteiger partial charge < -0.3 is 10.8 Å². The molecule has 1 saturated carbocycles. The van der Waals surface area contributed by atoms with Crippen molar-refractivity contribution in [2.24, 2.45) is 11.7 Å². The summed E-state index contributed by atoms with van der Waals surface area (Å²) in [5.74, 6) is 0.217. The second-order valence-corrected chi connectivity index (χ2v) is 6.36. The molecule has 0 aliphatic heterocycles. The van der Waals surface area contributed by atoms with E-state index >= 15 is 0 Å². The molecule has 1 aliphatic rings. The molecule has 0 heterocycles. The summed E-state index contributed by atoms with van der Waals surface area (Å²) in [4.78, 5) is 0. The molecule has 1 aliphatic carbocycles. The van der Waals surface area contributed by atoms with Gasteiger partial charge in [-0.05, 0) is 30.9 Å². The molecule has 2 rings (SSSR count). The van der Waals surface area contributed by atoms with E-state index in [9.17, 15) is 5.11 Å². The largest absolute Gasteiger partial charge is 0.391 e. The molecule has 1 fully saturated rings. The van der Waals surface area contributed by atoms with E-state index in [4.69, 9.17) is 40.5 Å². The fourth-order valence-electron chi connectivity index (χ4n) is 2.79. The van der Waals surface area contributed by atoms with Crippen molar-refractivity contribution in [1.82, 2.24) is 0 Å². The second kappa shape index (κ2) is 8.07. The van der Waals surface area contributed by atoms with Gasteiger partial charge in [-0.3, -0.25) is 0 Å². The number of halogens is 4. The number of aliphatic hydroxyl groups excluding tert-OH is 1. The summed E-state index contributed by atoms with van der Waals surface area (Å²) in [5.41, 5.74) is 6.71. The van der Waals surface area contributed by atoms with Crippen molar-refractivity contribution in [2.75, 3.05) is 0 Å². The Morgan fingerprint density at radius 1 is 1.05 bits per heavy atom. The van der Waals surface area contributed by atoms with Gasteiger partial charge in [-0.15, -0.1) is 12.4 Å². The van der Waals surface area contributed by atoms with Crippen LogP contribution in [-0.4, -0.2) is 11.2 Å². The number of hydrogen-bond donors (Lipinski definition) is 2. The van der Waals surface area contributed by atoms with Crippen LogP contribution in [0, 0.1) is 5.92 Å². The highest BCUT2D eigenvalue weighted by atomic mass is 35.5. The lowest BCUT2D eigenvalue weighted by Gasteiger charge is -2.31. The van der Waals surface area contributed by atoms with Crippen molar-refractivity contribution in [1.29, 1.82) is 0 Å². The lowest BCUT2D eigenvalue weighted by molar-refractivity contribution is 0.0618. The van der Waals surface area contributed by atoms with Gasteiger partial charge in [0, 0.05) is 10.6 Å². The van der Waals surface area contributed by atoms with Crippen molar-refractivity contribution in [3.8, 4) is 0 Å². The number of rotatable bonds is 3. The van der Waals surface area contributed by atoms with Crippen LogP contribution >= 0.6 is 47.2 Å². The summed E-state index contributed by atoms with van der Waals surface area (Å²) in [6.45, 7) is 0. The minimum Gasteiger partial charge on any atom is -0.391 e. The van der Waals surface area contributed by atoms with Crippen LogP contribution in [0.25, 0.3) is 0 Å². The third-order valence-electron chi connectivity index (χ3n) is 3.91. The fraction of sp³-hybridized carbons (Fsp3) is 0.571. The van der Waals surface area contributed by atoms with Gasteiger partial charge in [0.1, 0.15) is 0 Å². The normalized spacial score (nSPS) is 19.2. The Labute approximate surface area is 141 Å². The highest BCUT2D eigenvalue weighted by molar-refractivity contribution is 6.44. The summed E-state index contributed by atoms with van der Waals surface area (Å²) in [7, 11) is 0. The van der Waals surface area contributed by atoms with Crippen LogP contribution in [0.1, 0.15) is 43.7 Å². The lowest BCUT2D eigenvalue weighted by Crippen LogP contribution is -2.34. The second-order valence-electron chi connectivity index (χ2n) is 5.17. The zero-order valence-corrected chi connectivity index (χ0v) is 14.1. The van der Waals surface area contributed by atoms with Gasteiger partial charge in [0.2, 0.25) is 0 Å². The average molecular weight is 359 g/mol. The summed E-state index contributed by atoms with van der Waals surface area (Å²) in [6, 6.07) is 2.70. The third kappa shape index (κ3) is 3.94. The molecule has 2 atom stereocenters. The zero-order valence-electron chi connectivity index (χ0n) is 11.0. The lowest BCUT2D eigenvalue weighted by atomic mass is 9.81. The highest BCUT2D eigenvalue weighted by Gasteiger charge is 2.30. The molecule has 20 heavy (non-hydrogen) atoms. The monoisotopic (exact) mass is 357 g/mol. The van der Waals surface area contributed by atoms with E-state index in [1.165, 1.54) is 6.42 Å². The molecule has 0 radical (unpaired) electrons. The zero-order chi connectivity index (χ0) is 14.0. The van der Waals surface area contributed by atoms with E-state index in [1.54, 1.807) is 12.1 Å². The van der Waals surface area contributed by atoms with Crippen LogP contribution < -0.4 is 5.73 Å². The van der Waals surface area contributed by atoms with E-state index in [2.05, 4.69) is 0 Å². The van der Waals surface area contributed by atoms with E-state index in [0.717, 1.165) is 25.7 Å². The molecule has 0 spiro atoms. The first-order chi connectivity index (χ1) is 9.02. The molecule has 1 aromatic carbocycles. The first-order valence-corrected chi connectivity index (χ1v) is 7.72. The van der Waals surface area contributed by atoms with Crippen LogP contribution in [-0.2, 0) is 0 Å². The Kier molecular flexibility index (Phi) is 7.40. The van der Waals surface area contributed by atoms with Crippen molar-refractivity contribution in [3.05, 3.63) is 32.8 Å². The van der Waals surface area contributed by atoms with Crippen LogP contribution in [0.2, 0.25) is 15.1 Å². The summed E-state index contributed by atoms with van der Waals surface area (Å²) in [5, 5.41) is 11.7. The summed E-state index contributed by atoms with van der Waals surface area (Å²) >= 11 is 18.3. The van der Waals surface area contributed by atoms with E-state index < -0.39 is 12.1 Å². The standard InChI is InChI=1S/C14H18Cl3NO.ClH/c15-9-6-7-10(16)12(17)11(9)13(18)14(19)8-4-2-1-3-5-8;/h6-8,13-14,19H,1-5,18H2;1H/t13-,14+;/m1./s1. The molecular formula is C14H19Cl4NO. The van der Waals surface area contributed by atoms with Gasteiger partial charge >= 0.3 is 0 Å². The van der Waals surface area contributed by atoms with Crippen LogP contribution in [0.5, 0.6) is 0 Å².